The molecule has 0 unspecified atom stereocenters. The molecule has 0 radical (unpaired) electrons. The van der Waals surface area contributed by atoms with Crippen molar-refractivity contribution < 1.29 is 0 Å². The Labute approximate surface area is 104 Å². The number of rotatable bonds is 0. The van der Waals surface area contributed by atoms with E-state index in [-0.39, 0.29) is 0 Å². The molecule has 0 aromatic heterocycles. The van der Waals surface area contributed by atoms with Gasteiger partial charge in [0.15, 0.2) is 0 Å². The average molecular weight is 274 g/mol. The number of hydrogen-bond acceptors (Lipinski definition) is 0. The monoisotopic (exact) mass is 272 g/mol. The molecular weight excluding hydrogens is 262 g/mol. The molecule has 4 atom stereocenters. The van der Waals surface area contributed by atoms with Gasteiger partial charge in [-0.1, -0.05) is 0 Å². The van der Waals surface area contributed by atoms with Gasteiger partial charge in [0.2, 0.25) is 0 Å². The lowest BCUT2D eigenvalue weighted by molar-refractivity contribution is 0.468. The summed E-state index contributed by atoms with van der Waals surface area (Å²) in [5.41, 5.74) is 0. The Morgan fingerprint density at radius 3 is 1.00 bits per heavy atom. The highest BCUT2D eigenvalue weighted by Crippen LogP contribution is 2.70. The van der Waals surface area contributed by atoms with Crippen LogP contribution in [0.3, 0.4) is 0 Å². The molecule has 0 spiro atoms. The lowest BCUT2D eigenvalue weighted by Crippen LogP contribution is -1.95. The number of fused-ring (bicyclic) bond motifs is 2. The predicted molar refractivity (Wildman–Crippen MR) is 61.3 cm³/mol. The summed E-state index contributed by atoms with van der Waals surface area (Å²) in [6, 6.07) is 0. The first-order valence-electron chi connectivity index (χ1n) is 5.21. The zero-order valence-corrected chi connectivity index (χ0v) is 10.7. The van der Waals surface area contributed by atoms with Gasteiger partial charge in [-0.25, -0.2) is 0 Å². The highest BCUT2D eigenvalue weighted by Gasteiger charge is 2.68. The van der Waals surface area contributed by atoms with E-state index in [0.29, 0.717) is 23.7 Å². The van der Waals surface area contributed by atoms with Crippen molar-refractivity contribution in [1.29, 1.82) is 0 Å². The van der Waals surface area contributed by atoms with Gasteiger partial charge in [-0.3, -0.25) is 0 Å². The van der Waals surface area contributed by atoms with Gasteiger partial charge in [-0.15, -0.1) is 46.4 Å². The van der Waals surface area contributed by atoms with Crippen LogP contribution in [0.1, 0.15) is 25.7 Å². The van der Waals surface area contributed by atoms with Gasteiger partial charge in [0.05, 0.1) is 0 Å². The average Bonchev–Trinajstić information content (AvgIpc) is 2.67. The van der Waals surface area contributed by atoms with Gasteiger partial charge in [-0.2, -0.15) is 0 Å². The Balaban J connectivity index is 1.71. The summed E-state index contributed by atoms with van der Waals surface area (Å²) < 4.78 is -0.865. The van der Waals surface area contributed by atoms with E-state index in [2.05, 4.69) is 0 Å². The van der Waals surface area contributed by atoms with Crippen molar-refractivity contribution >= 4 is 46.4 Å². The smallest absolute Gasteiger partial charge is 0.101 e. The van der Waals surface area contributed by atoms with Crippen LogP contribution in [0.4, 0.5) is 0 Å². The molecule has 0 bridgehead atoms. The number of alkyl halides is 4. The van der Waals surface area contributed by atoms with Crippen molar-refractivity contribution in [3.63, 3.8) is 0 Å². The van der Waals surface area contributed by atoms with Crippen LogP contribution >= 0.6 is 46.4 Å². The summed E-state index contributed by atoms with van der Waals surface area (Å²) >= 11 is 24.8. The molecule has 0 N–H and O–H groups in total. The molecule has 0 nitrogen and oxygen atoms in total. The highest BCUT2D eigenvalue weighted by molar-refractivity contribution is 6.52. The molecule has 3 aliphatic rings. The molecule has 3 aliphatic carbocycles. The van der Waals surface area contributed by atoms with Crippen LogP contribution in [0.25, 0.3) is 0 Å². The lowest BCUT2D eigenvalue weighted by atomic mass is 10.0. The van der Waals surface area contributed by atoms with Gasteiger partial charge in [-0.05, 0) is 49.4 Å². The molecule has 4 heteroatoms. The lowest BCUT2D eigenvalue weighted by Gasteiger charge is -2.02. The third kappa shape index (κ3) is 1.27. The van der Waals surface area contributed by atoms with Crippen LogP contribution in [0.5, 0.6) is 0 Å². The molecule has 3 rings (SSSR count). The highest BCUT2D eigenvalue weighted by atomic mass is 35.5. The van der Waals surface area contributed by atoms with Crippen LogP contribution in [0.15, 0.2) is 0 Å². The van der Waals surface area contributed by atoms with E-state index in [9.17, 15) is 0 Å². The molecule has 0 aromatic rings. The third-order valence-electron chi connectivity index (χ3n) is 4.31. The summed E-state index contributed by atoms with van der Waals surface area (Å²) in [7, 11) is 0. The normalized spacial score (nSPS) is 52.3. The fourth-order valence-corrected chi connectivity index (χ4v) is 5.05. The van der Waals surface area contributed by atoms with Gasteiger partial charge < -0.3 is 0 Å². The molecule has 14 heavy (non-hydrogen) atoms. The fraction of sp³-hybridized carbons (Fsp3) is 1.00. The Bertz CT molecular complexity index is 221. The maximum Gasteiger partial charge on any atom is 0.124 e. The second kappa shape index (κ2) is 2.88. The molecule has 0 saturated heterocycles. The van der Waals surface area contributed by atoms with E-state index >= 15 is 0 Å². The van der Waals surface area contributed by atoms with Crippen LogP contribution < -0.4 is 0 Å². The summed E-state index contributed by atoms with van der Waals surface area (Å²) in [6.07, 6.45) is 4.39. The molecule has 0 aliphatic heterocycles. The molecule has 80 valence electrons. The van der Waals surface area contributed by atoms with E-state index in [4.69, 9.17) is 46.4 Å². The van der Waals surface area contributed by atoms with Crippen molar-refractivity contribution in [3.05, 3.63) is 0 Å². The number of halogens is 4. The molecular formula is C10H12Cl4. The quantitative estimate of drug-likeness (QED) is 0.574. The van der Waals surface area contributed by atoms with Crippen molar-refractivity contribution in [1.82, 2.24) is 0 Å². The topological polar surface area (TPSA) is 0 Å². The first-order chi connectivity index (χ1) is 6.45. The zero-order chi connectivity index (χ0) is 10.1. The Hall–Kier alpha value is 1.16. The minimum Gasteiger partial charge on any atom is -0.101 e. The molecule has 0 heterocycles. The van der Waals surface area contributed by atoms with Crippen molar-refractivity contribution in [3.8, 4) is 0 Å². The maximum absolute atomic E-state index is 6.19. The van der Waals surface area contributed by atoms with Crippen molar-refractivity contribution in [2.45, 2.75) is 34.3 Å². The van der Waals surface area contributed by atoms with E-state index in [1.807, 2.05) is 0 Å². The van der Waals surface area contributed by atoms with Crippen molar-refractivity contribution in [2.24, 2.45) is 23.7 Å². The molecule has 3 saturated carbocycles. The Kier molecular flexibility index (Phi) is 2.13. The van der Waals surface area contributed by atoms with E-state index < -0.39 is 8.67 Å². The van der Waals surface area contributed by atoms with Crippen LogP contribution in [0, 0.1) is 23.7 Å². The first kappa shape index (κ1) is 10.3. The van der Waals surface area contributed by atoms with Gasteiger partial charge in [0.1, 0.15) is 8.67 Å². The standard InChI is InChI=1S/C10H12Cl4/c11-9(12)5-1-2-6-8(10(6,13)14)4-3-7(5)9/h5-8H,1-4H2/t5-,6-,7+,8+. The molecule has 0 amide bonds. The Morgan fingerprint density at radius 1 is 0.571 bits per heavy atom. The second-order valence-corrected chi connectivity index (χ2v) is 7.82. The Morgan fingerprint density at radius 2 is 0.786 bits per heavy atom. The minimum absolute atomic E-state index is 0.432. The zero-order valence-electron chi connectivity index (χ0n) is 7.65. The van der Waals surface area contributed by atoms with Gasteiger partial charge >= 0.3 is 0 Å². The molecule has 3 fully saturated rings. The van der Waals surface area contributed by atoms with Crippen molar-refractivity contribution in [2.75, 3.05) is 0 Å². The van der Waals surface area contributed by atoms with E-state index in [0.717, 1.165) is 25.7 Å². The predicted octanol–water partition coefficient (Wildman–Crippen LogP) is 4.40. The van der Waals surface area contributed by atoms with E-state index in [1.54, 1.807) is 0 Å². The van der Waals surface area contributed by atoms with E-state index in [1.165, 1.54) is 0 Å². The maximum atomic E-state index is 6.19. The van der Waals surface area contributed by atoms with Crippen LogP contribution in [-0.2, 0) is 0 Å². The molecule has 0 aromatic carbocycles. The summed E-state index contributed by atoms with van der Waals surface area (Å²) in [5, 5.41) is 0. The third-order valence-corrected chi connectivity index (χ3v) is 6.55. The number of hydrogen-bond donors (Lipinski definition) is 0. The summed E-state index contributed by atoms with van der Waals surface area (Å²) in [5.74, 6) is 1.99. The van der Waals surface area contributed by atoms with Gasteiger partial charge in [0.25, 0.3) is 0 Å². The second-order valence-electron chi connectivity index (χ2n) is 4.93. The van der Waals surface area contributed by atoms with Crippen LogP contribution in [-0.4, -0.2) is 8.67 Å². The van der Waals surface area contributed by atoms with Crippen LogP contribution in [0.2, 0.25) is 0 Å². The SMILES string of the molecule is ClC1(Cl)[C@@H]2CC[C@@H]3[C@H](CC[C@@H]21)C3(Cl)Cl. The summed E-state index contributed by atoms with van der Waals surface area (Å²) in [6.45, 7) is 0. The summed E-state index contributed by atoms with van der Waals surface area (Å²) in [4.78, 5) is 0. The van der Waals surface area contributed by atoms with Gasteiger partial charge in [0, 0.05) is 0 Å². The first-order valence-corrected chi connectivity index (χ1v) is 6.72. The minimum atomic E-state index is -0.432. The fourth-order valence-electron chi connectivity index (χ4n) is 3.21. The largest absolute Gasteiger partial charge is 0.124 e.